The first kappa shape index (κ1) is 20.4. The second-order valence-corrected chi connectivity index (χ2v) is 7.38. The zero-order valence-corrected chi connectivity index (χ0v) is 17.2. The molecule has 0 radical (unpaired) electrons. The van der Waals surface area contributed by atoms with Gasteiger partial charge in [-0.3, -0.25) is 9.59 Å². The number of aliphatic imine (C=N–C) groups is 1. The summed E-state index contributed by atoms with van der Waals surface area (Å²) in [7, 11) is 1.56. The van der Waals surface area contributed by atoms with Gasteiger partial charge in [0.15, 0.2) is 0 Å². The number of amides is 2. The molecule has 156 valence electrons. The monoisotopic (exact) mass is 414 g/mol. The molecule has 2 aromatic rings. The Kier molecular flexibility index (Phi) is 5.80. The molecule has 2 aliphatic heterocycles. The number of hydrogen-bond donors (Lipinski definition) is 1. The highest BCUT2D eigenvalue weighted by Gasteiger charge is 2.29. The fraction of sp³-hybridized carbons (Fsp3) is 0.250. The number of fused-ring (bicyclic) bond motifs is 1. The highest BCUT2D eigenvalue weighted by molar-refractivity contribution is 6.20. The van der Waals surface area contributed by atoms with E-state index in [4.69, 9.17) is 4.74 Å². The van der Waals surface area contributed by atoms with Crippen molar-refractivity contribution >= 4 is 23.3 Å². The molecule has 2 aromatic carbocycles. The third kappa shape index (κ3) is 4.05. The van der Waals surface area contributed by atoms with E-state index in [0.717, 1.165) is 19.3 Å². The van der Waals surface area contributed by atoms with Gasteiger partial charge in [-0.1, -0.05) is 24.3 Å². The smallest absolute Gasteiger partial charge is 0.266 e. The van der Waals surface area contributed by atoms with E-state index in [0.29, 0.717) is 47.1 Å². The van der Waals surface area contributed by atoms with E-state index >= 15 is 0 Å². The number of nitrogens with one attached hydrogen (secondary N) is 1. The number of carbonyl (C=O) groups excluding carboxylic acids is 2. The van der Waals surface area contributed by atoms with Crippen LogP contribution in [0.2, 0.25) is 0 Å². The van der Waals surface area contributed by atoms with Crippen LogP contribution in [0.5, 0.6) is 5.75 Å². The standard InChI is InChI=1S/C24H22N4O3/c1-31-17-11-9-16(10-12-17)23(29)27-22-19-8-4-3-7-18(19)21(26-22)20(15-25)24(30)28-13-5-2-6-14-28/h3-4,7-12H,2,5-6,13-14H2,1H3,(H,26,27,29). The Balaban J connectivity index is 1.67. The molecule has 4 rings (SSSR count). The minimum Gasteiger partial charge on any atom is -0.497 e. The molecule has 1 fully saturated rings. The highest BCUT2D eigenvalue weighted by Crippen LogP contribution is 2.31. The predicted octanol–water partition coefficient (Wildman–Crippen LogP) is 3.13. The fourth-order valence-corrected chi connectivity index (χ4v) is 3.79. The predicted molar refractivity (Wildman–Crippen MR) is 116 cm³/mol. The van der Waals surface area contributed by atoms with E-state index in [1.807, 2.05) is 24.3 Å². The summed E-state index contributed by atoms with van der Waals surface area (Å²) in [5.74, 6) is 0.336. The molecule has 0 saturated carbocycles. The number of carbonyl (C=O) groups is 2. The maximum Gasteiger partial charge on any atom is 0.266 e. The van der Waals surface area contributed by atoms with Crippen LogP contribution < -0.4 is 10.1 Å². The van der Waals surface area contributed by atoms with Gasteiger partial charge in [0.1, 0.15) is 23.2 Å². The molecular weight excluding hydrogens is 392 g/mol. The summed E-state index contributed by atoms with van der Waals surface area (Å²) in [4.78, 5) is 32.0. The first-order chi connectivity index (χ1) is 15.1. The van der Waals surface area contributed by atoms with E-state index in [2.05, 4.69) is 16.4 Å². The van der Waals surface area contributed by atoms with Gasteiger partial charge in [0.05, 0.1) is 12.8 Å². The van der Waals surface area contributed by atoms with Crippen LogP contribution in [0.25, 0.3) is 5.70 Å². The first-order valence-corrected chi connectivity index (χ1v) is 10.2. The van der Waals surface area contributed by atoms with Gasteiger partial charge < -0.3 is 15.0 Å². The third-order valence-corrected chi connectivity index (χ3v) is 5.45. The Hall–Kier alpha value is -3.92. The topological polar surface area (TPSA) is 94.8 Å². The van der Waals surface area contributed by atoms with Gasteiger partial charge in [-0.2, -0.15) is 5.26 Å². The summed E-state index contributed by atoms with van der Waals surface area (Å²) in [6, 6.07) is 16.1. The lowest BCUT2D eigenvalue weighted by Gasteiger charge is -2.26. The van der Waals surface area contributed by atoms with Crippen LogP contribution in [-0.4, -0.2) is 42.7 Å². The maximum atomic E-state index is 13.0. The molecule has 0 bridgehead atoms. The van der Waals surface area contributed by atoms with Crippen molar-refractivity contribution in [2.45, 2.75) is 19.3 Å². The largest absolute Gasteiger partial charge is 0.497 e. The van der Waals surface area contributed by atoms with Gasteiger partial charge in [0.2, 0.25) is 0 Å². The molecule has 2 amide bonds. The van der Waals surface area contributed by atoms with Gasteiger partial charge in [-0.05, 0) is 43.5 Å². The van der Waals surface area contributed by atoms with E-state index in [9.17, 15) is 14.9 Å². The highest BCUT2D eigenvalue weighted by atomic mass is 16.5. The SMILES string of the molecule is COc1ccc(C(=O)NC2=NC(=C(C#N)C(=O)N3CCCCC3)c3ccccc32)cc1. The Morgan fingerprint density at radius 2 is 1.71 bits per heavy atom. The zero-order chi connectivity index (χ0) is 21.8. The zero-order valence-electron chi connectivity index (χ0n) is 17.2. The van der Waals surface area contributed by atoms with Gasteiger partial charge in [-0.15, -0.1) is 0 Å². The minimum atomic E-state index is -0.335. The third-order valence-electron chi connectivity index (χ3n) is 5.45. The second kappa shape index (κ2) is 8.84. The first-order valence-electron chi connectivity index (χ1n) is 10.2. The minimum absolute atomic E-state index is 0.00282. The number of piperidine rings is 1. The number of rotatable bonds is 3. The van der Waals surface area contributed by atoms with Crippen molar-refractivity contribution in [2.75, 3.05) is 20.2 Å². The molecule has 7 heteroatoms. The molecule has 7 nitrogen and oxygen atoms in total. The van der Waals surface area contributed by atoms with Crippen LogP contribution in [0, 0.1) is 11.3 Å². The van der Waals surface area contributed by atoms with E-state index in [-0.39, 0.29) is 17.4 Å². The van der Waals surface area contributed by atoms with E-state index in [1.54, 1.807) is 36.3 Å². The quantitative estimate of drug-likeness (QED) is 0.617. The lowest BCUT2D eigenvalue weighted by atomic mass is 10.0. The summed E-state index contributed by atoms with van der Waals surface area (Å²) in [5, 5.41) is 12.6. The van der Waals surface area contributed by atoms with Crippen molar-refractivity contribution in [3.05, 3.63) is 70.8 Å². The van der Waals surface area contributed by atoms with Crippen LogP contribution in [0.15, 0.2) is 59.1 Å². The fourth-order valence-electron chi connectivity index (χ4n) is 3.79. The van der Waals surface area contributed by atoms with Crippen molar-refractivity contribution < 1.29 is 14.3 Å². The summed E-state index contributed by atoms with van der Waals surface area (Å²) >= 11 is 0. The lowest BCUT2D eigenvalue weighted by molar-refractivity contribution is -0.127. The van der Waals surface area contributed by atoms with Gasteiger partial charge in [-0.25, -0.2) is 4.99 Å². The van der Waals surface area contributed by atoms with Crippen molar-refractivity contribution in [1.29, 1.82) is 5.26 Å². The molecule has 0 unspecified atom stereocenters. The van der Waals surface area contributed by atoms with Gasteiger partial charge >= 0.3 is 0 Å². The molecule has 31 heavy (non-hydrogen) atoms. The summed E-state index contributed by atoms with van der Waals surface area (Å²) in [6.07, 6.45) is 2.95. The molecule has 1 saturated heterocycles. The number of benzene rings is 2. The number of hydrogen-bond acceptors (Lipinski definition) is 5. The Morgan fingerprint density at radius 3 is 2.35 bits per heavy atom. The van der Waals surface area contributed by atoms with Gasteiger partial charge in [0, 0.05) is 29.8 Å². The molecular formula is C24H22N4O3. The molecule has 0 spiro atoms. The normalized spacial score (nSPS) is 16.6. The second-order valence-electron chi connectivity index (χ2n) is 7.38. The Morgan fingerprint density at radius 1 is 1.03 bits per heavy atom. The molecule has 0 aliphatic carbocycles. The summed E-state index contributed by atoms with van der Waals surface area (Å²) in [6.45, 7) is 1.29. The maximum absolute atomic E-state index is 13.0. The number of methoxy groups -OCH3 is 1. The van der Waals surface area contributed by atoms with Crippen molar-refractivity contribution in [1.82, 2.24) is 10.2 Å². The van der Waals surface area contributed by atoms with Crippen LogP contribution in [0.4, 0.5) is 0 Å². The van der Waals surface area contributed by atoms with Crippen LogP contribution in [0.1, 0.15) is 40.7 Å². The lowest BCUT2D eigenvalue weighted by Crippen LogP contribution is -2.36. The molecule has 0 atom stereocenters. The van der Waals surface area contributed by atoms with Gasteiger partial charge in [0.25, 0.3) is 11.8 Å². The Bertz CT molecular complexity index is 1120. The number of nitrogens with zero attached hydrogens (tertiary/aromatic N) is 3. The van der Waals surface area contributed by atoms with Crippen LogP contribution in [-0.2, 0) is 4.79 Å². The van der Waals surface area contributed by atoms with Crippen molar-refractivity contribution in [2.24, 2.45) is 4.99 Å². The van der Waals surface area contributed by atoms with Crippen LogP contribution in [0.3, 0.4) is 0 Å². The average Bonchev–Trinajstić information content (AvgIpc) is 3.18. The number of amidine groups is 1. The molecule has 1 N–H and O–H groups in total. The van der Waals surface area contributed by atoms with Crippen molar-refractivity contribution in [3.63, 3.8) is 0 Å². The number of nitriles is 1. The number of likely N-dealkylation sites (tertiary alicyclic amines) is 1. The van der Waals surface area contributed by atoms with E-state index < -0.39 is 0 Å². The summed E-state index contributed by atoms with van der Waals surface area (Å²) in [5.41, 5.74) is 2.10. The molecule has 2 heterocycles. The van der Waals surface area contributed by atoms with Crippen LogP contribution >= 0.6 is 0 Å². The number of ether oxygens (including phenoxy) is 1. The average molecular weight is 414 g/mol. The van der Waals surface area contributed by atoms with Crippen molar-refractivity contribution in [3.8, 4) is 11.8 Å². The molecule has 0 aromatic heterocycles. The van der Waals surface area contributed by atoms with E-state index in [1.165, 1.54) is 0 Å². The summed E-state index contributed by atoms with van der Waals surface area (Å²) < 4.78 is 5.13. The molecule has 2 aliphatic rings. The Labute approximate surface area is 180 Å².